The first-order valence-electron chi connectivity index (χ1n) is 11.0. The van der Waals surface area contributed by atoms with E-state index in [0.717, 1.165) is 36.3 Å². The second-order valence-electron chi connectivity index (χ2n) is 9.74. The Balaban J connectivity index is 1.85. The molecule has 32 heavy (non-hydrogen) atoms. The van der Waals surface area contributed by atoms with Crippen LogP contribution < -0.4 is 9.64 Å². The number of hydrogen-bond acceptors (Lipinski definition) is 7. The molecule has 172 valence electrons. The van der Waals surface area contributed by atoms with Gasteiger partial charge in [0.2, 0.25) is 0 Å². The fourth-order valence-corrected chi connectivity index (χ4v) is 3.73. The minimum atomic E-state index is -0.124. The van der Waals surface area contributed by atoms with Gasteiger partial charge in [-0.3, -0.25) is 14.6 Å². The SMILES string of the molecule is CN(C)C(=O)COc1ccnc(-c2nc3c(c(N(C)CC(=O)CC(C)(C)C)n2)CCC3)c1. The summed E-state index contributed by atoms with van der Waals surface area (Å²) in [5.41, 5.74) is 2.65. The largest absolute Gasteiger partial charge is 0.484 e. The second-order valence-corrected chi connectivity index (χ2v) is 9.74. The van der Waals surface area contributed by atoms with E-state index in [0.29, 0.717) is 30.2 Å². The Labute approximate surface area is 190 Å². The molecule has 2 heterocycles. The molecule has 1 aliphatic rings. The molecular weight excluding hydrogens is 406 g/mol. The number of ether oxygens (including phenoxy) is 1. The summed E-state index contributed by atoms with van der Waals surface area (Å²) in [7, 11) is 5.28. The molecule has 3 rings (SSSR count). The summed E-state index contributed by atoms with van der Waals surface area (Å²) in [5.74, 6) is 1.89. The Hall–Kier alpha value is -3.03. The number of anilines is 1. The fourth-order valence-electron chi connectivity index (χ4n) is 3.73. The van der Waals surface area contributed by atoms with E-state index in [1.165, 1.54) is 4.90 Å². The van der Waals surface area contributed by atoms with Crippen LogP contribution in [0.25, 0.3) is 11.5 Å². The molecule has 0 saturated heterocycles. The topological polar surface area (TPSA) is 88.5 Å². The van der Waals surface area contributed by atoms with E-state index in [1.807, 2.05) is 11.9 Å². The van der Waals surface area contributed by atoms with Crippen LogP contribution in [0.1, 0.15) is 44.9 Å². The zero-order valence-electron chi connectivity index (χ0n) is 19.9. The van der Waals surface area contributed by atoms with Crippen molar-refractivity contribution in [3.8, 4) is 17.3 Å². The standard InChI is InChI=1S/C24H33N5O3/c1-24(2,3)13-16(30)14-29(6)23-18-8-7-9-19(18)26-22(27-23)20-12-17(10-11-25-20)32-15-21(31)28(4)5/h10-12H,7-9,13-15H2,1-6H3. The molecule has 0 unspecified atom stereocenters. The molecule has 0 aliphatic heterocycles. The van der Waals surface area contributed by atoms with Crippen LogP contribution in [0.4, 0.5) is 5.82 Å². The van der Waals surface area contributed by atoms with Gasteiger partial charge >= 0.3 is 0 Å². The number of carbonyl (C=O) groups excluding carboxylic acids is 2. The van der Waals surface area contributed by atoms with Crippen LogP contribution in [-0.2, 0) is 22.4 Å². The molecule has 2 aromatic heterocycles. The Bertz CT molecular complexity index is 998. The summed E-state index contributed by atoms with van der Waals surface area (Å²) in [6.45, 7) is 6.46. The van der Waals surface area contributed by atoms with E-state index in [1.54, 1.807) is 32.4 Å². The first kappa shape index (κ1) is 23.6. The van der Waals surface area contributed by atoms with Crippen LogP contribution in [-0.4, -0.2) is 65.8 Å². The average Bonchev–Trinajstić information content (AvgIpc) is 3.18. The highest BCUT2D eigenvalue weighted by Crippen LogP contribution is 2.31. The third-order valence-electron chi connectivity index (χ3n) is 5.24. The summed E-state index contributed by atoms with van der Waals surface area (Å²) < 4.78 is 5.62. The molecule has 8 heteroatoms. The molecule has 1 amide bonds. The van der Waals surface area contributed by atoms with Crippen molar-refractivity contribution < 1.29 is 14.3 Å². The molecule has 0 bridgehead atoms. The molecule has 0 fully saturated rings. The monoisotopic (exact) mass is 439 g/mol. The van der Waals surface area contributed by atoms with Crippen LogP contribution in [0, 0.1) is 5.41 Å². The van der Waals surface area contributed by atoms with Gasteiger partial charge in [0, 0.05) is 51.1 Å². The summed E-state index contributed by atoms with van der Waals surface area (Å²) >= 11 is 0. The molecule has 8 nitrogen and oxygen atoms in total. The lowest BCUT2D eigenvalue weighted by atomic mass is 9.90. The number of hydrogen-bond donors (Lipinski definition) is 0. The number of amides is 1. The van der Waals surface area contributed by atoms with Crippen molar-refractivity contribution in [3.05, 3.63) is 29.6 Å². The van der Waals surface area contributed by atoms with Crippen molar-refractivity contribution in [1.29, 1.82) is 0 Å². The molecule has 1 aliphatic carbocycles. The van der Waals surface area contributed by atoms with Crippen molar-refractivity contribution in [3.63, 3.8) is 0 Å². The van der Waals surface area contributed by atoms with E-state index in [9.17, 15) is 9.59 Å². The average molecular weight is 440 g/mol. The van der Waals surface area contributed by atoms with Crippen LogP contribution in [0.2, 0.25) is 0 Å². The third-order valence-corrected chi connectivity index (χ3v) is 5.24. The highest BCUT2D eigenvalue weighted by Gasteiger charge is 2.24. The van der Waals surface area contributed by atoms with Gasteiger partial charge in [-0.2, -0.15) is 0 Å². The molecule has 0 saturated carbocycles. The number of aryl methyl sites for hydroxylation is 1. The number of ketones is 1. The normalized spacial score (nSPS) is 12.9. The first-order valence-corrected chi connectivity index (χ1v) is 11.0. The Morgan fingerprint density at radius 2 is 1.88 bits per heavy atom. The number of aromatic nitrogens is 3. The van der Waals surface area contributed by atoms with Gasteiger partial charge in [-0.1, -0.05) is 20.8 Å². The minimum absolute atomic E-state index is 0.0466. The van der Waals surface area contributed by atoms with Crippen molar-refractivity contribution in [2.24, 2.45) is 5.41 Å². The maximum atomic E-state index is 12.6. The Kier molecular flexibility index (Phi) is 7.11. The van der Waals surface area contributed by atoms with Crippen molar-refractivity contribution >= 4 is 17.5 Å². The second kappa shape index (κ2) is 9.63. The lowest BCUT2D eigenvalue weighted by Gasteiger charge is -2.23. The van der Waals surface area contributed by atoms with E-state index in [-0.39, 0.29) is 23.7 Å². The summed E-state index contributed by atoms with van der Waals surface area (Å²) in [5, 5.41) is 0. The fraction of sp³-hybridized carbons (Fsp3) is 0.542. The van der Waals surface area contributed by atoms with Crippen molar-refractivity contribution in [1.82, 2.24) is 19.9 Å². The van der Waals surface area contributed by atoms with Crippen LogP contribution >= 0.6 is 0 Å². The highest BCUT2D eigenvalue weighted by molar-refractivity contribution is 5.84. The highest BCUT2D eigenvalue weighted by atomic mass is 16.5. The lowest BCUT2D eigenvalue weighted by Crippen LogP contribution is -2.30. The number of rotatable bonds is 8. The molecule has 2 aromatic rings. The molecular formula is C24H33N5O3. The lowest BCUT2D eigenvalue weighted by molar-refractivity contribution is -0.130. The van der Waals surface area contributed by atoms with Crippen molar-refractivity contribution in [2.45, 2.75) is 46.5 Å². The molecule has 0 aromatic carbocycles. The van der Waals surface area contributed by atoms with Crippen LogP contribution in [0.5, 0.6) is 5.75 Å². The summed E-state index contributed by atoms with van der Waals surface area (Å²) in [6, 6.07) is 3.45. The number of fused-ring (bicyclic) bond motifs is 1. The van der Waals surface area contributed by atoms with Gasteiger partial charge in [0.25, 0.3) is 5.91 Å². The predicted molar refractivity (Wildman–Crippen MR) is 124 cm³/mol. The number of nitrogens with zero attached hydrogens (tertiary/aromatic N) is 5. The quantitative estimate of drug-likeness (QED) is 0.625. The van der Waals surface area contributed by atoms with Crippen LogP contribution in [0.15, 0.2) is 18.3 Å². The van der Waals surface area contributed by atoms with Gasteiger partial charge in [0.05, 0.1) is 6.54 Å². The van der Waals surface area contributed by atoms with E-state index in [2.05, 4.69) is 25.8 Å². The number of carbonyl (C=O) groups is 2. The molecule has 0 radical (unpaired) electrons. The van der Waals surface area contributed by atoms with Gasteiger partial charge in [-0.05, 0) is 30.7 Å². The Morgan fingerprint density at radius 1 is 1.12 bits per heavy atom. The van der Waals surface area contributed by atoms with Crippen molar-refractivity contribution in [2.75, 3.05) is 39.2 Å². The third kappa shape index (κ3) is 6.02. The summed E-state index contributed by atoms with van der Waals surface area (Å²) in [4.78, 5) is 41.8. The number of likely N-dealkylation sites (N-methyl/N-ethyl adjacent to an activating group) is 2. The number of Topliss-reactive ketones (excluding diaryl/α,β-unsaturated/α-hetero) is 1. The maximum Gasteiger partial charge on any atom is 0.259 e. The zero-order chi connectivity index (χ0) is 23.5. The zero-order valence-corrected chi connectivity index (χ0v) is 19.9. The molecule has 0 N–H and O–H groups in total. The van der Waals surface area contributed by atoms with E-state index in [4.69, 9.17) is 14.7 Å². The maximum absolute atomic E-state index is 12.6. The van der Waals surface area contributed by atoms with Gasteiger partial charge in [-0.25, -0.2) is 9.97 Å². The predicted octanol–water partition coefficient (Wildman–Crippen LogP) is 2.94. The van der Waals surface area contributed by atoms with Gasteiger partial charge in [-0.15, -0.1) is 0 Å². The van der Waals surface area contributed by atoms with E-state index < -0.39 is 0 Å². The Morgan fingerprint density at radius 3 is 2.56 bits per heavy atom. The van der Waals surface area contributed by atoms with Gasteiger partial charge in [0.15, 0.2) is 18.2 Å². The van der Waals surface area contributed by atoms with Gasteiger partial charge < -0.3 is 14.5 Å². The molecule has 0 atom stereocenters. The van der Waals surface area contributed by atoms with E-state index >= 15 is 0 Å². The van der Waals surface area contributed by atoms with Gasteiger partial charge in [0.1, 0.15) is 17.3 Å². The smallest absolute Gasteiger partial charge is 0.259 e. The first-order chi connectivity index (χ1) is 15.0. The minimum Gasteiger partial charge on any atom is -0.484 e. The summed E-state index contributed by atoms with van der Waals surface area (Å²) in [6.07, 6.45) is 4.95. The number of pyridine rings is 1. The van der Waals surface area contributed by atoms with Crippen LogP contribution in [0.3, 0.4) is 0 Å². The molecule has 0 spiro atoms.